The Balaban J connectivity index is 1.95. The fraction of sp³-hybridized carbons (Fsp3) is 0.250. The van der Waals surface area contributed by atoms with Crippen LogP contribution >= 0.6 is 11.3 Å². The van der Waals surface area contributed by atoms with Crippen molar-refractivity contribution < 1.29 is 14.4 Å². The van der Waals surface area contributed by atoms with E-state index in [1.807, 2.05) is 17.5 Å². The molecule has 132 valence electrons. The van der Waals surface area contributed by atoms with Crippen LogP contribution in [-0.4, -0.2) is 35.8 Å². The molecule has 0 radical (unpaired) electrons. The molecule has 9 heteroatoms. The normalized spacial score (nSPS) is 10.2. The van der Waals surface area contributed by atoms with Gasteiger partial charge in [-0.05, 0) is 12.1 Å². The third-order valence-corrected chi connectivity index (χ3v) is 3.93. The van der Waals surface area contributed by atoms with Crippen LogP contribution in [0.1, 0.15) is 13.3 Å². The monoisotopic (exact) mass is 361 g/mol. The van der Waals surface area contributed by atoms with E-state index in [1.54, 1.807) is 19.1 Å². The summed E-state index contributed by atoms with van der Waals surface area (Å²) in [5.74, 6) is -0.821. The molecule has 1 aromatic carbocycles. The Morgan fingerprint density at radius 2 is 1.80 bits per heavy atom. The number of carbonyl (C=O) groups is 3. The van der Waals surface area contributed by atoms with Crippen LogP contribution in [0.25, 0.3) is 11.3 Å². The van der Waals surface area contributed by atoms with E-state index in [1.165, 1.54) is 11.3 Å². The van der Waals surface area contributed by atoms with Crippen LogP contribution in [0.4, 0.5) is 10.8 Å². The Morgan fingerprint density at radius 1 is 1.08 bits per heavy atom. The highest BCUT2D eigenvalue weighted by molar-refractivity contribution is 7.14. The summed E-state index contributed by atoms with van der Waals surface area (Å²) in [6.07, 6.45) is 0.419. The Labute approximate surface area is 148 Å². The minimum Gasteiger partial charge on any atom is -0.346 e. The van der Waals surface area contributed by atoms with Gasteiger partial charge in [0.15, 0.2) is 5.13 Å². The van der Waals surface area contributed by atoms with Gasteiger partial charge in [-0.2, -0.15) is 0 Å². The van der Waals surface area contributed by atoms with Crippen LogP contribution in [-0.2, 0) is 14.4 Å². The first-order valence-corrected chi connectivity index (χ1v) is 8.52. The molecule has 0 unspecified atom stereocenters. The summed E-state index contributed by atoms with van der Waals surface area (Å²) in [5.41, 5.74) is 7.44. The van der Waals surface area contributed by atoms with Crippen LogP contribution < -0.4 is 21.7 Å². The minimum absolute atomic E-state index is 0.0480. The molecule has 8 nitrogen and oxygen atoms in total. The van der Waals surface area contributed by atoms with E-state index in [2.05, 4.69) is 20.9 Å². The molecule has 25 heavy (non-hydrogen) atoms. The van der Waals surface area contributed by atoms with Crippen molar-refractivity contribution >= 4 is 39.9 Å². The summed E-state index contributed by atoms with van der Waals surface area (Å²) >= 11 is 1.28. The number of rotatable bonds is 7. The Morgan fingerprint density at radius 3 is 2.44 bits per heavy atom. The van der Waals surface area contributed by atoms with E-state index >= 15 is 0 Å². The second-order valence-electron chi connectivity index (χ2n) is 5.05. The molecule has 1 aromatic heterocycles. The molecule has 0 aliphatic carbocycles. The van der Waals surface area contributed by atoms with Crippen molar-refractivity contribution in [1.29, 1.82) is 0 Å². The molecule has 2 aromatic rings. The fourth-order valence-electron chi connectivity index (χ4n) is 1.85. The number of hydrogen-bond donors (Lipinski definition) is 4. The summed E-state index contributed by atoms with van der Waals surface area (Å²) < 4.78 is 0. The van der Waals surface area contributed by atoms with E-state index in [0.717, 1.165) is 11.3 Å². The van der Waals surface area contributed by atoms with Crippen molar-refractivity contribution in [3.05, 3.63) is 29.6 Å². The lowest BCUT2D eigenvalue weighted by molar-refractivity contribution is -0.123. The van der Waals surface area contributed by atoms with E-state index in [4.69, 9.17) is 5.73 Å². The highest BCUT2D eigenvalue weighted by Gasteiger charge is 2.09. The van der Waals surface area contributed by atoms with Crippen molar-refractivity contribution in [2.75, 3.05) is 23.7 Å². The number of amides is 3. The van der Waals surface area contributed by atoms with Crippen LogP contribution in [0.2, 0.25) is 0 Å². The van der Waals surface area contributed by atoms with Crippen molar-refractivity contribution in [2.24, 2.45) is 5.73 Å². The quantitative estimate of drug-likeness (QED) is 0.589. The first-order valence-electron chi connectivity index (χ1n) is 7.64. The molecule has 0 aliphatic rings. The van der Waals surface area contributed by atoms with E-state index in [-0.39, 0.29) is 24.9 Å². The predicted octanol–water partition coefficient (Wildman–Crippen LogP) is 1.17. The molecule has 0 fully saturated rings. The molecule has 0 aliphatic heterocycles. The highest BCUT2D eigenvalue weighted by Crippen LogP contribution is 2.26. The Hall–Kier alpha value is -2.78. The zero-order valence-corrected chi connectivity index (χ0v) is 14.5. The largest absolute Gasteiger partial charge is 0.346 e. The summed E-state index contributed by atoms with van der Waals surface area (Å²) in [6.45, 7) is 1.47. The van der Waals surface area contributed by atoms with Crippen LogP contribution in [0, 0.1) is 0 Å². The average Bonchev–Trinajstić information content (AvgIpc) is 3.08. The third kappa shape index (κ3) is 5.66. The van der Waals surface area contributed by atoms with Gasteiger partial charge in [-0.3, -0.25) is 14.4 Å². The average molecular weight is 361 g/mol. The molecular formula is C16H19N5O3S. The molecule has 0 spiro atoms. The Kier molecular flexibility index (Phi) is 6.61. The molecule has 5 N–H and O–H groups in total. The van der Waals surface area contributed by atoms with Gasteiger partial charge in [0.2, 0.25) is 17.7 Å². The maximum atomic E-state index is 11.7. The van der Waals surface area contributed by atoms with Gasteiger partial charge in [0, 0.05) is 23.1 Å². The van der Waals surface area contributed by atoms with Crippen LogP contribution in [0.15, 0.2) is 29.6 Å². The number of nitrogens with zero attached hydrogens (tertiary/aromatic N) is 1. The van der Waals surface area contributed by atoms with Crippen molar-refractivity contribution in [3.63, 3.8) is 0 Å². The van der Waals surface area contributed by atoms with E-state index < -0.39 is 5.91 Å². The van der Waals surface area contributed by atoms with Crippen LogP contribution in [0.3, 0.4) is 0 Å². The zero-order chi connectivity index (χ0) is 18.2. The van der Waals surface area contributed by atoms with Gasteiger partial charge < -0.3 is 21.7 Å². The SMILES string of the molecule is CCC(=O)Nc1ccc(-c2csc(NC(=O)CNC(=O)CN)n2)cc1. The molecule has 0 saturated carbocycles. The number of nitrogens with two attached hydrogens (primary N) is 1. The maximum absolute atomic E-state index is 11.7. The summed E-state index contributed by atoms with van der Waals surface area (Å²) in [5, 5.41) is 10.0. The standard InChI is InChI=1S/C16H19N5O3S/c1-2-13(22)19-11-5-3-10(4-6-11)12-9-25-16(20-12)21-15(24)8-18-14(23)7-17/h3-6,9H,2,7-8,17H2,1H3,(H,18,23)(H,19,22)(H,20,21,24). The summed E-state index contributed by atoms with van der Waals surface area (Å²) in [4.78, 5) is 38.4. The number of nitrogens with one attached hydrogen (secondary N) is 3. The van der Waals surface area contributed by atoms with Gasteiger partial charge in [0.05, 0.1) is 18.8 Å². The van der Waals surface area contributed by atoms with E-state index in [0.29, 0.717) is 17.2 Å². The number of benzene rings is 1. The maximum Gasteiger partial charge on any atom is 0.245 e. The topological polar surface area (TPSA) is 126 Å². The molecule has 0 atom stereocenters. The lowest BCUT2D eigenvalue weighted by Gasteiger charge is -2.04. The molecule has 2 rings (SSSR count). The second-order valence-corrected chi connectivity index (χ2v) is 5.90. The minimum atomic E-state index is -0.398. The van der Waals surface area contributed by atoms with Gasteiger partial charge >= 0.3 is 0 Å². The predicted molar refractivity (Wildman–Crippen MR) is 97.2 cm³/mol. The van der Waals surface area contributed by atoms with Crippen molar-refractivity contribution in [3.8, 4) is 11.3 Å². The van der Waals surface area contributed by atoms with E-state index in [9.17, 15) is 14.4 Å². The molecular weight excluding hydrogens is 342 g/mol. The number of thiazole rings is 1. The lowest BCUT2D eigenvalue weighted by Crippen LogP contribution is -2.36. The smallest absolute Gasteiger partial charge is 0.245 e. The zero-order valence-electron chi connectivity index (χ0n) is 13.7. The molecule has 3 amide bonds. The molecule has 1 heterocycles. The van der Waals surface area contributed by atoms with Gasteiger partial charge in [-0.15, -0.1) is 11.3 Å². The van der Waals surface area contributed by atoms with Gasteiger partial charge in [-0.25, -0.2) is 4.98 Å². The fourth-order valence-corrected chi connectivity index (χ4v) is 2.59. The van der Waals surface area contributed by atoms with Crippen molar-refractivity contribution in [2.45, 2.75) is 13.3 Å². The van der Waals surface area contributed by atoms with Crippen LogP contribution in [0.5, 0.6) is 0 Å². The number of aromatic nitrogens is 1. The summed E-state index contributed by atoms with van der Waals surface area (Å²) in [7, 11) is 0. The highest BCUT2D eigenvalue weighted by atomic mass is 32.1. The summed E-state index contributed by atoms with van der Waals surface area (Å²) in [6, 6.07) is 7.27. The molecule has 0 saturated heterocycles. The van der Waals surface area contributed by atoms with Gasteiger partial charge in [0.1, 0.15) is 0 Å². The number of carbonyl (C=O) groups excluding carboxylic acids is 3. The third-order valence-electron chi connectivity index (χ3n) is 3.17. The molecule has 0 bridgehead atoms. The van der Waals surface area contributed by atoms with Gasteiger partial charge in [-0.1, -0.05) is 19.1 Å². The lowest BCUT2D eigenvalue weighted by atomic mass is 10.1. The number of anilines is 2. The number of hydrogen-bond acceptors (Lipinski definition) is 6. The second kappa shape index (κ2) is 8.90. The van der Waals surface area contributed by atoms with Crippen molar-refractivity contribution in [1.82, 2.24) is 10.3 Å². The Bertz CT molecular complexity index is 757. The first-order chi connectivity index (χ1) is 12.0. The van der Waals surface area contributed by atoms with Gasteiger partial charge in [0.25, 0.3) is 0 Å². The first kappa shape index (κ1) is 18.6.